The zero-order chi connectivity index (χ0) is 32.1. The van der Waals surface area contributed by atoms with Crippen LogP contribution < -0.4 is 0 Å². The minimum absolute atomic E-state index is 0.0783. The summed E-state index contributed by atoms with van der Waals surface area (Å²) >= 11 is 0. The van der Waals surface area contributed by atoms with Crippen LogP contribution in [-0.4, -0.2) is 74.7 Å². The predicted molar refractivity (Wildman–Crippen MR) is 163 cm³/mol. The molecule has 5 N–H and O–H groups in total. The Morgan fingerprint density at radius 2 is 1.44 bits per heavy atom. The van der Waals surface area contributed by atoms with Crippen LogP contribution in [0.15, 0.2) is 12.2 Å². The first-order chi connectivity index (χ1) is 20.5. The predicted octanol–water partition coefficient (Wildman–Crippen LogP) is 5.11. The third-order valence-electron chi connectivity index (χ3n) is 7.88. The van der Waals surface area contributed by atoms with E-state index in [1.807, 2.05) is 6.08 Å². The van der Waals surface area contributed by atoms with E-state index >= 15 is 0 Å². The third-order valence-corrected chi connectivity index (χ3v) is 8.37. The van der Waals surface area contributed by atoms with Gasteiger partial charge in [-0.25, -0.2) is 4.57 Å². The average Bonchev–Trinajstić information content (AvgIpc) is 3.21. The highest BCUT2D eigenvalue weighted by Gasteiger charge is 2.39. The van der Waals surface area contributed by atoms with E-state index in [2.05, 4.69) is 18.4 Å². The van der Waals surface area contributed by atoms with E-state index in [9.17, 15) is 29.5 Å². The van der Waals surface area contributed by atoms with Crippen LogP contribution in [-0.2, 0) is 28.2 Å². The van der Waals surface area contributed by atoms with Crippen molar-refractivity contribution >= 4 is 19.8 Å². The maximum Gasteiger partial charge on any atom is 0.469 e. The van der Waals surface area contributed by atoms with E-state index in [1.54, 1.807) is 6.08 Å². The lowest BCUT2D eigenvalue weighted by molar-refractivity contribution is -0.161. The van der Waals surface area contributed by atoms with Gasteiger partial charge in [0.1, 0.15) is 6.61 Å². The maximum atomic E-state index is 12.2. The fourth-order valence-electron chi connectivity index (χ4n) is 5.41. The molecule has 0 amide bonds. The number of esters is 2. The summed E-state index contributed by atoms with van der Waals surface area (Å²) in [4.78, 5) is 42.3. The van der Waals surface area contributed by atoms with Gasteiger partial charge in [0.15, 0.2) is 6.10 Å². The molecule has 0 aromatic carbocycles. The Labute approximate surface area is 257 Å². The lowest BCUT2D eigenvalue weighted by Gasteiger charge is -2.21. The molecule has 1 aliphatic carbocycles. The molecule has 12 heteroatoms. The molecule has 0 heterocycles. The van der Waals surface area contributed by atoms with Crippen molar-refractivity contribution in [3.63, 3.8) is 0 Å². The molecule has 0 radical (unpaired) electrons. The highest BCUT2D eigenvalue weighted by molar-refractivity contribution is 7.46. The van der Waals surface area contributed by atoms with Crippen LogP contribution in [0.25, 0.3) is 0 Å². The van der Waals surface area contributed by atoms with Crippen molar-refractivity contribution in [3.05, 3.63) is 12.2 Å². The first-order valence-electron chi connectivity index (χ1n) is 16.2. The van der Waals surface area contributed by atoms with Gasteiger partial charge in [0.25, 0.3) is 0 Å². The molecule has 0 saturated heterocycles. The second-order valence-corrected chi connectivity index (χ2v) is 13.0. The van der Waals surface area contributed by atoms with E-state index in [4.69, 9.17) is 19.3 Å². The van der Waals surface area contributed by atoms with Gasteiger partial charge in [-0.15, -0.1) is 0 Å². The number of aliphatic hydroxyl groups is 3. The number of phosphoric acid groups is 1. The minimum atomic E-state index is -4.78. The molecule has 0 aromatic heterocycles. The molecule has 11 nitrogen and oxygen atoms in total. The number of aliphatic hydroxyl groups excluding tert-OH is 3. The van der Waals surface area contributed by atoms with Crippen LogP contribution in [0.4, 0.5) is 0 Å². The summed E-state index contributed by atoms with van der Waals surface area (Å²) in [6.07, 6.45) is 13.6. The molecular weight excluding hydrogens is 579 g/mol. The summed E-state index contributed by atoms with van der Waals surface area (Å²) in [6, 6.07) is 0. The molecule has 1 aliphatic rings. The van der Waals surface area contributed by atoms with Gasteiger partial charge < -0.3 is 34.6 Å². The number of unbranched alkanes of at least 4 members (excludes halogenated alkanes) is 9. The summed E-state index contributed by atoms with van der Waals surface area (Å²) < 4.78 is 26.0. The summed E-state index contributed by atoms with van der Waals surface area (Å²) in [5.74, 6) is -1.31. The SMILES string of the molecule is CCCCCCCC(=O)O[C@H](COC(=O)CCCCCC[C@@H]1[C@@H](/C=C/[C@@H](O)CCCCC)[C@H](O)C[C@@H]1O)COP(=O)(O)O. The van der Waals surface area contributed by atoms with Crippen molar-refractivity contribution in [2.45, 2.75) is 147 Å². The molecule has 1 rings (SSSR count). The Hall–Kier alpha value is -1.33. The van der Waals surface area contributed by atoms with Crippen molar-refractivity contribution in [2.24, 2.45) is 11.8 Å². The summed E-state index contributed by atoms with van der Waals surface area (Å²) in [5, 5.41) is 31.1. The largest absolute Gasteiger partial charge is 0.469 e. The zero-order valence-electron chi connectivity index (χ0n) is 26.2. The minimum Gasteiger partial charge on any atom is -0.462 e. The zero-order valence-corrected chi connectivity index (χ0v) is 27.1. The Morgan fingerprint density at radius 3 is 2.09 bits per heavy atom. The smallest absolute Gasteiger partial charge is 0.462 e. The van der Waals surface area contributed by atoms with Crippen LogP contribution >= 0.6 is 7.82 Å². The molecule has 6 atom stereocenters. The van der Waals surface area contributed by atoms with Crippen LogP contribution in [0.1, 0.15) is 123 Å². The van der Waals surface area contributed by atoms with Gasteiger partial charge in [0, 0.05) is 25.2 Å². The lowest BCUT2D eigenvalue weighted by Crippen LogP contribution is -2.29. The van der Waals surface area contributed by atoms with Crippen molar-refractivity contribution in [1.29, 1.82) is 0 Å². The van der Waals surface area contributed by atoms with Crippen molar-refractivity contribution in [1.82, 2.24) is 0 Å². The van der Waals surface area contributed by atoms with E-state index in [1.165, 1.54) is 0 Å². The van der Waals surface area contributed by atoms with Gasteiger partial charge in [-0.2, -0.15) is 0 Å². The molecular formula is C31H57O11P. The molecule has 0 spiro atoms. The Bertz CT molecular complexity index is 831. The van der Waals surface area contributed by atoms with Crippen molar-refractivity contribution in [3.8, 4) is 0 Å². The van der Waals surface area contributed by atoms with Crippen LogP contribution in [0.3, 0.4) is 0 Å². The lowest BCUT2D eigenvalue weighted by atomic mass is 9.88. The van der Waals surface area contributed by atoms with Gasteiger partial charge in [-0.3, -0.25) is 14.1 Å². The highest BCUT2D eigenvalue weighted by atomic mass is 31.2. The number of rotatable bonds is 25. The molecule has 0 aliphatic heterocycles. The summed E-state index contributed by atoms with van der Waals surface area (Å²) in [5.41, 5.74) is 0. The van der Waals surface area contributed by atoms with Gasteiger partial charge in [-0.1, -0.05) is 90.2 Å². The number of hydrogen-bond acceptors (Lipinski definition) is 9. The van der Waals surface area contributed by atoms with Gasteiger partial charge in [-0.05, 0) is 31.6 Å². The maximum absolute atomic E-state index is 12.2. The molecule has 0 bridgehead atoms. The van der Waals surface area contributed by atoms with Crippen LogP contribution in [0.2, 0.25) is 0 Å². The van der Waals surface area contributed by atoms with Crippen molar-refractivity contribution in [2.75, 3.05) is 13.2 Å². The Balaban J connectivity index is 2.36. The topological polar surface area (TPSA) is 180 Å². The van der Waals surface area contributed by atoms with Crippen LogP contribution in [0, 0.1) is 11.8 Å². The van der Waals surface area contributed by atoms with E-state index in [-0.39, 0.29) is 31.3 Å². The monoisotopic (exact) mass is 636 g/mol. The quantitative estimate of drug-likeness (QED) is 0.0389. The summed E-state index contributed by atoms with van der Waals surface area (Å²) in [7, 11) is -4.78. The van der Waals surface area contributed by atoms with Gasteiger partial charge in [0.2, 0.25) is 0 Å². The first kappa shape index (κ1) is 39.7. The van der Waals surface area contributed by atoms with E-state index in [0.717, 1.165) is 70.6 Å². The first-order valence-corrected chi connectivity index (χ1v) is 17.8. The molecule has 1 saturated carbocycles. The Kier molecular flexibility index (Phi) is 21.3. The number of ether oxygens (including phenoxy) is 2. The number of carbonyl (C=O) groups is 2. The molecule has 1 fully saturated rings. The van der Waals surface area contributed by atoms with Gasteiger partial charge in [0.05, 0.1) is 24.9 Å². The standard InChI is InChI=1S/C31H57O11P/c1-3-5-7-8-14-18-31(36)42-25(23-41-43(37,38)39)22-40-30(35)17-13-10-9-12-16-26-27(29(34)21-28(26)33)20-19-24(32)15-11-6-4-2/h19-20,24-29,32-34H,3-18,21-23H2,1-2H3,(H2,37,38,39)/b20-19+/t24-,25+,26+,27+,28-,29+/m0/s1. The second-order valence-electron chi connectivity index (χ2n) is 11.8. The van der Waals surface area contributed by atoms with Crippen LogP contribution in [0.5, 0.6) is 0 Å². The number of hydrogen-bond donors (Lipinski definition) is 5. The fourth-order valence-corrected chi connectivity index (χ4v) is 5.77. The normalized spacial score (nSPS) is 22.1. The average molecular weight is 637 g/mol. The molecule has 0 aromatic rings. The third kappa shape index (κ3) is 19.6. The molecule has 0 unspecified atom stereocenters. The molecule has 43 heavy (non-hydrogen) atoms. The van der Waals surface area contributed by atoms with E-state index < -0.39 is 50.8 Å². The number of phosphoric ester groups is 1. The fraction of sp³-hybridized carbons (Fsp3) is 0.871. The van der Waals surface area contributed by atoms with Crippen molar-refractivity contribution < 1.29 is 53.3 Å². The van der Waals surface area contributed by atoms with Gasteiger partial charge >= 0.3 is 19.8 Å². The highest BCUT2D eigenvalue weighted by Crippen LogP contribution is 2.37. The Morgan fingerprint density at radius 1 is 0.837 bits per heavy atom. The molecule has 252 valence electrons. The number of carbonyl (C=O) groups excluding carboxylic acids is 2. The van der Waals surface area contributed by atoms with E-state index in [0.29, 0.717) is 25.7 Å². The second kappa shape index (κ2) is 23.1. The summed E-state index contributed by atoms with van der Waals surface area (Å²) in [6.45, 7) is 3.26.